The molecule has 2 rings (SSSR count). The molecule has 20 heavy (non-hydrogen) atoms. The lowest BCUT2D eigenvalue weighted by molar-refractivity contribution is 0.549. The van der Waals surface area contributed by atoms with Gasteiger partial charge >= 0.3 is 0 Å². The third kappa shape index (κ3) is 4.06. The second-order valence-electron chi connectivity index (χ2n) is 5.66. The quantitative estimate of drug-likeness (QED) is 0.674. The lowest BCUT2D eigenvalue weighted by atomic mass is 10.2. The molecule has 4 nitrogen and oxygen atoms in total. The summed E-state index contributed by atoms with van der Waals surface area (Å²) >= 11 is 0. The van der Waals surface area contributed by atoms with Crippen LogP contribution in [0.25, 0.3) is 0 Å². The fraction of sp³-hybridized carbons (Fsp3) is 0.333. The number of rotatable bonds is 5. The maximum absolute atomic E-state index is 6.10. The van der Waals surface area contributed by atoms with E-state index in [-0.39, 0.29) is 0 Å². The van der Waals surface area contributed by atoms with E-state index in [0.29, 0.717) is 6.54 Å². The smallest absolute Gasteiger partial charge is 0.242 e. The number of para-hydroxylation sites is 1. The molecule has 0 unspecified atom stereocenters. The monoisotopic (exact) mass is 287 g/mol. The van der Waals surface area contributed by atoms with Crippen LogP contribution in [0.4, 0.5) is 0 Å². The zero-order valence-corrected chi connectivity index (χ0v) is 13.5. The maximum Gasteiger partial charge on any atom is 0.242 e. The fourth-order valence-corrected chi connectivity index (χ4v) is 2.66. The molecule has 1 heterocycles. The van der Waals surface area contributed by atoms with Crippen molar-refractivity contribution in [2.24, 2.45) is 4.99 Å². The molecule has 1 aromatic carbocycles. The lowest BCUT2D eigenvalue weighted by Gasteiger charge is -2.21. The maximum atomic E-state index is 6.10. The number of H-pyrrole nitrogens is 1. The van der Waals surface area contributed by atoms with Crippen LogP contribution >= 0.6 is 0 Å². The Kier molecular flexibility index (Phi) is 4.39. The average molecular weight is 287 g/mol. The zero-order valence-electron chi connectivity index (χ0n) is 12.5. The molecule has 0 bridgehead atoms. The van der Waals surface area contributed by atoms with Gasteiger partial charge in [-0.2, -0.15) is 0 Å². The molecule has 1 N–H and O–H groups in total. The highest BCUT2D eigenvalue weighted by atomic mass is 28.4. The Balaban J connectivity index is 2.16. The Morgan fingerprint density at radius 3 is 2.70 bits per heavy atom. The van der Waals surface area contributed by atoms with Gasteiger partial charge in [-0.05, 0) is 32.6 Å². The molecule has 106 valence electrons. The number of aromatic amines is 1. The van der Waals surface area contributed by atoms with Crippen molar-refractivity contribution in [3.63, 3.8) is 0 Å². The minimum atomic E-state index is -1.61. The Labute approximate surface area is 121 Å². The van der Waals surface area contributed by atoms with Crippen molar-refractivity contribution in [1.82, 2.24) is 9.97 Å². The van der Waals surface area contributed by atoms with Crippen molar-refractivity contribution in [1.29, 1.82) is 0 Å². The summed E-state index contributed by atoms with van der Waals surface area (Å²) in [5.41, 5.74) is 2.01. The highest BCUT2D eigenvalue weighted by molar-refractivity contribution is 6.70. The van der Waals surface area contributed by atoms with Crippen LogP contribution in [-0.2, 0) is 6.54 Å². The van der Waals surface area contributed by atoms with Gasteiger partial charge in [-0.3, -0.25) is 4.99 Å². The molecule has 0 amide bonds. The molecule has 2 aromatic rings. The van der Waals surface area contributed by atoms with Crippen LogP contribution in [0.2, 0.25) is 19.6 Å². The van der Waals surface area contributed by atoms with E-state index in [1.54, 1.807) is 12.4 Å². The van der Waals surface area contributed by atoms with Gasteiger partial charge in [0.05, 0.1) is 12.3 Å². The van der Waals surface area contributed by atoms with Crippen molar-refractivity contribution in [3.8, 4) is 5.75 Å². The summed E-state index contributed by atoms with van der Waals surface area (Å²) in [6.07, 6.45) is 3.53. The number of hydrogen-bond acceptors (Lipinski definition) is 3. The van der Waals surface area contributed by atoms with Crippen LogP contribution < -0.4 is 4.43 Å². The third-order valence-electron chi connectivity index (χ3n) is 2.72. The summed E-state index contributed by atoms with van der Waals surface area (Å²) in [6.45, 7) is 9.11. The highest BCUT2D eigenvalue weighted by Gasteiger charge is 2.17. The number of aromatic nitrogens is 2. The van der Waals surface area contributed by atoms with Crippen LogP contribution in [0.1, 0.15) is 18.3 Å². The summed E-state index contributed by atoms with van der Waals surface area (Å²) in [5, 5.41) is 0. The zero-order chi connectivity index (χ0) is 14.6. The van der Waals surface area contributed by atoms with E-state index >= 15 is 0 Å². The lowest BCUT2D eigenvalue weighted by Crippen LogP contribution is -2.29. The van der Waals surface area contributed by atoms with E-state index < -0.39 is 8.32 Å². The molecule has 5 heteroatoms. The van der Waals surface area contributed by atoms with E-state index in [9.17, 15) is 0 Å². The second kappa shape index (κ2) is 6.05. The summed E-state index contributed by atoms with van der Waals surface area (Å²) in [4.78, 5) is 11.8. The van der Waals surface area contributed by atoms with Crippen LogP contribution in [0, 0.1) is 0 Å². The van der Waals surface area contributed by atoms with Crippen molar-refractivity contribution in [3.05, 3.63) is 48.0 Å². The van der Waals surface area contributed by atoms with E-state index in [0.717, 1.165) is 22.8 Å². The van der Waals surface area contributed by atoms with Crippen molar-refractivity contribution >= 4 is 14.0 Å². The number of imidazole rings is 1. The van der Waals surface area contributed by atoms with Gasteiger partial charge in [0, 0.05) is 18.0 Å². The topological polar surface area (TPSA) is 50.3 Å². The number of aliphatic imine (C=N–C) groups is 1. The van der Waals surface area contributed by atoms with E-state index in [1.807, 2.05) is 25.1 Å². The third-order valence-corrected chi connectivity index (χ3v) is 3.55. The molecule has 0 spiro atoms. The molecule has 0 saturated heterocycles. The molecule has 0 aliphatic heterocycles. The van der Waals surface area contributed by atoms with Gasteiger partial charge in [0.1, 0.15) is 5.75 Å². The van der Waals surface area contributed by atoms with E-state index in [1.165, 1.54) is 0 Å². The molecule has 0 atom stereocenters. The van der Waals surface area contributed by atoms with E-state index in [4.69, 9.17) is 4.43 Å². The van der Waals surface area contributed by atoms with Gasteiger partial charge in [-0.15, -0.1) is 0 Å². The Morgan fingerprint density at radius 2 is 2.05 bits per heavy atom. The normalized spacial score (nSPS) is 12.5. The summed E-state index contributed by atoms with van der Waals surface area (Å²) in [5.74, 6) is 1.76. The van der Waals surface area contributed by atoms with Gasteiger partial charge in [0.25, 0.3) is 0 Å². The van der Waals surface area contributed by atoms with E-state index in [2.05, 4.69) is 40.7 Å². The first kappa shape index (κ1) is 14.5. The number of benzene rings is 1. The van der Waals surface area contributed by atoms with Gasteiger partial charge in [0.2, 0.25) is 8.32 Å². The second-order valence-corrected chi connectivity index (χ2v) is 10.1. The predicted octanol–water partition coefficient (Wildman–Crippen LogP) is 3.63. The predicted molar refractivity (Wildman–Crippen MR) is 84.9 cm³/mol. The Bertz CT molecular complexity index is 585. The molecule has 0 radical (unpaired) electrons. The molecular formula is C15H21N3OSi. The van der Waals surface area contributed by atoms with Gasteiger partial charge < -0.3 is 9.41 Å². The number of nitrogens with one attached hydrogen (secondary N) is 1. The van der Waals surface area contributed by atoms with Crippen molar-refractivity contribution in [2.45, 2.75) is 33.1 Å². The van der Waals surface area contributed by atoms with Gasteiger partial charge in [-0.25, -0.2) is 4.98 Å². The fourth-order valence-electron chi connectivity index (χ4n) is 1.81. The van der Waals surface area contributed by atoms with Crippen molar-refractivity contribution < 1.29 is 4.43 Å². The first-order valence-electron chi connectivity index (χ1n) is 6.73. The standard InChI is InChI=1S/C15H21N3OSi/c1-12(15-16-9-10-17-15)18-11-13-7-5-6-8-14(13)19-20(2,3)4/h5-10H,11H2,1-4H3,(H,16,17)/b18-12-. The molecule has 0 aliphatic carbocycles. The molecule has 1 aromatic heterocycles. The van der Waals surface area contributed by atoms with Crippen molar-refractivity contribution in [2.75, 3.05) is 0 Å². The minimum absolute atomic E-state index is 0.604. The minimum Gasteiger partial charge on any atom is -0.544 e. The van der Waals surface area contributed by atoms with Gasteiger partial charge in [-0.1, -0.05) is 18.2 Å². The SMILES string of the molecule is C/C(=N/Cc1ccccc1O[Si](C)(C)C)c1ncc[nH]1. The molecular weight excluding hydrogens is 266 g/mol. The first-order valence-corrected chi connectivity index (χ1v) is 10.1. The molecule has 0 saturated carbocycles. The largest absolute Gasteiger partial charge is 0.544 e. The molecule has 0 aliphatic rings. The van der Waals surface area contributed by atoms with Crippen LogP contribution in [0.15, 0.2) is 41.7 Å². The van der Waals surface area contributed by atoms with Gasteiger partial charge in [0.15, 0.2) is 5.82 Å². The first-order chi connectivity index (χ1) is 9.46. The summed E-state index contributed by atoms with van der Waals surface area (Å²) in [6, 6.07) is 8.10. The molecule has 0 fully saturated rings. The number of hydrogen-bond donors (Lipinski definition) is 1. The summed E-state index contributed by atoms with van der Waals surface area (Å²) < 4.78 is 6.10. The Morgan fingerprint density at radius 1 is 1.30 bits per heavy atom. The number of nitrogens with zero attached hydrogens (tertiary/aromatic N) is 2. The summed E-state index contributed by atoms with van der Waals surface area (Å²) in [7, 11) is -1.61. The van der Waals surface area contributed by atoms with Crippen LogP contribution in [0.5, 0.6) is 5.75 Å². The van der Waals surface area contributed by atoms with Crippen LogP contribution in [0.3, 0.4) is 0 Å². The average Bonchev–Trinajstić information content (AvgIpc) is 2.89. The van der Waals surface area contributed by atoms with Crippen LogP contribution in [-0.4, -0.2) is 24.0 Å². The highest BCUT2D eigenvalue weighted by Crippen LogP contribution is 2.22. The Hall–Kier alpha value is -1.88.